The Hall–Kier alpha value is -2.60. The van der Waals surface area contributed by atoms with Gasteiger partial charge in [-0.2, -0.15) is 5.10 Å². The lowest BCUT2D eigenvalue weighted by Crippen LogP contribution is -2.51. The molecule has 0 saturated heterocycles. The van der Waals surface area contributed by atoms with Crippen molar-refractivity contribution in [1.29, 1.82) is 0 Å². The first kappa shape index (κ1) is 21.6. The number of halogens is 1. The van der Waals surface area contributed by atoms with Gasteiger partial charge in [-0.15, -0.1) is 0 Å². The Labute approximate surface area is 191 Å². The molecule has 0 bridgehead atoms. The maximum absolute atomic E-state index is 12.4. The average molecular weight is 482 g/mol. The molecule has 31 heavy (non-hydrogen) atoms. The zero-order valence-electron chi connectivity index (χ0n) is 18.6. The molecule has 5 nitrogen and oxygen atoms in total. The van der Waals surface area contributed by atoms with Crippen LogP contribution in [-0.2, 0) is 0 Å². The van der Waals surface area contributed by atoms with Crippen molar-refractivity contribution in [2.24, 2.45) is 5.10 Å². The molecule has 0 radical (unpaired) electrons. The van der Waals surface area contributed by atoms with Crippen LogP contribution in [0.25, 0.3) is 11.0 Å². The van der Waals surface area contributed by atoms with Crippen LogP contribution in [0.3, 0.4) is 0 Å². The molecule has 1 atom stereocenters. The number of carbonyl (C=O) groups is 1. The summed E-state index contributed by atoms with van der Waals surface area (Å²) in [5.41, 5.74) is 6.92. The van der Waals surface area contributed by atoms with Gasteiger partial charge in [0.15, 0.2) is 5.76 Å². The summed E-state index contributed by atoms with van der Waals surface area (Å²) in [5.74, 6) is 0.319. The van der Waals surface area contributed by atoms with E-state index in [4.69, 9.17) is 4.42 Å². The third-order valence-electron chi connectivity index (χ3n) is 5.90. The van der Waals surface area contributed by atoms with E-state index in [9.17, 15) is 4.79 Å². The summed E-state index contributed by atoms with van der Waals surface area (Å²) in [6, 6.07) is 14.2. The van der Waals surface area contributed by atoms with E-state index in [0.717, 1.165) is 21.8 Å². The van der Waals surface area contributed by atoms with Crippen molar-refractivity contribution in [3.05, 3.63) is 63.8 Å². The molecular weight excluding hydrogens is 454 g/mol. The van der Waals surface area contributed by atoms with Crippen LogP contribution in [0.1, 0.15) is 68.6 Å². The van der Waals surface area contributed by atoms with Crippen LogP contribution in [0, 0.1) is 0 Å². The number of anilines is 1. The monoisotopic (exact) mass is 481 g/mol. The van der Waals surface area contributed by atoms with Crippen LogP contribution in [0.15, 0.2) is 56.5 Å². The summed E-state index contributed by atoms with van der Waals surface area (Å²) < 4.78 is 6.55. The van der Waals surface area contributed by atoms with Crippen LogP contribution < -0.4 is 10.3 Å². The van der Waals surface area contributed by atoms with Crippen molar-refractivity contribution in [2.45, 2.75) is 58.5 Å². The molecule has 1 amide bonds. The number of furan rings is 1. The molecule has 1 aliphatic rings. The number of hydrogen-bond acceptors (Lipinski definition) is 4. The van der Waals surface area contributed by atoms with E-state index >= 15 is 0 Å². The van der Waals surface area contributed by atoms with Crippen LogP contribution in [0.4, 0.5) is 5.69 Å². The molecule has 2 aromatic carbocycles. The molecule has 1 N–H and O–H groups in total. The van der Waals surface area contributed by atoms with Gasteiger partial charge >= 0.3 is 5.91 Å². The van der Waals surface area contributed by atoms with E-state index in [1.165, 1.54) is 11.3 Å². The lowest BCUT2D eigenvalue weighted by Gasteiger charge is -2.50. The molecule has 2 heterocycles. The smallest absolute Gasteiger partial charge is 0.307 e. The van der Waals surface area contributed by atoms with Gasteiger partial charge in [-0.05, 0) is 87.6 Å². The van der Waals surface area contributed by atoms with Gasteiger partial charge in [0, 0.05) is 27.1 Å². The minimum absolute atomic E-state index is 0.117. The fourth-order valence-corrected chi connectivity index (χ4v) is 5.25. The van der Waals surface area contributed by atoms with Crippen molar-refractivity contribution in [3.63, 3.8) is 0 Å². The molecule has 0 fully saturated rings. The fourth-order valence-electron chi connectivity index (χ4n) is 4.87. The molecule has 0 spiro atoms. The Bertz CT molecular complexity index is 1160. The number of rotatable bonds is 4. The first-order chi connectivity index (χ1) is 14.7. The van der Waals surface area contributed by atoms with E-state index in [1.54, 1.807) is 12.3 Å². The number of hydrogen-bond donors (Lipinski definition) is 1. The van der Waals surface area contributed by atoms with E-state index in [0.29, 0.717) is 17.5 Å². The van der Waals surface area contributed by atoms with Gasteiger partial charge in [-0.25, -0.2) is 5.43 Å². The summed E-state index contributed by atoms with van der Waals surface area (Å²) in [5, 5.41) is 5.02. The summed E-state index contributed by atoms with van der Waals surface area (Å²) in [7, 11) is 0. The number of carbonyl (C=O) groups excluding carboxylic acids is 1. The Morgan fingerprint density at radius 1 is 1.26 bits per heavy atom. The Morgan fingerprint density at radius 2 is 2.03 bits per heavy atom. The molecule has 0 aliphatic carbocycles. The second kappa shape index (κ2) is 8.15. The third-order valence-corrected chi connectivity index (χ3v) is 6.39. The average Bonchev–Trinajstić information content (AvgIpc) is 3.10. The van der Waals surface area contributed by atoms with E-state index in [2.05, 4.69) is 84.2 Å². The van der Waals surface area contributed by atoms with Gasteiger partial charge < -0.3 is 9.32 Å². The van der Waals surface area contributed by atoms with Gasteiger partial charge in [0.1, 0.15) is 5.58 Å². The van der Waals surface area contributed by atoms with Crippen molar-refractivity contribution >= 4 is 44.7 Å². The minimum Gasteiger partial charge on any atom is -0.451 e. The molecule has 3 aromatic rings. The van der Waals surface area contributed by atoms with Gasteiger partial charge in [-0.1, -0.05) is 28.9 Å². The Balaban J connectivity index is 1.52. The summed E-state index contributed by atoms with van der Waals surface area (Å²) in [4.78, 5) is 14.9. The predicted molar refractivity (Wildman–Crippen MR) is 130 cm³/mol. The van der Waals surface area contributed by atoms with Gasteiger partial charge in [-0.3, -0.25) is 4.79 Å². The highest BCUT2D eigenvalue weighted by Crippen LogP contribution is 2.44. The first-order valence-corrected chi connectivity index (χ1v) is 11.4. The molecule has 1 aromatic heterocycles. The van der Waals surface area contributed by atoms with Crippen LogP contribution in [0.2, 0.25) is 0 Å². The van der Waals surface area contributed by atoms with E-state index in [1.807, 2.05) is 18.2 Å². The summed E-state index contributed by atoms with van der Waals surface area (Å²) in [6.45, 7) is 11.4. The molecule has 1 unspecified atom stereocenters. The molecular formula is C25H28BrN3O2. The Kier molecular flexibility index (Phi) is 5.69. The normalized spacial score (nSPS) is 18.0. The maximum Gasteiger partial charge on any atom is 0.307 e. The number of fused-ring (bicyclic) bond motifs is 2. The standard InChI is InChI=1S/C25H28BrN3O2/c1-15(2)29-21-8-6-17(10-20(21)16(3)13-25(29,4)5)14-27-28-24(30)23-12-18-11-19(26)7-9-22(18)31-23/h6-12,14-16H,13H2,1-5H3,(H,28,30)/b27-14-. The van der Waals surface area contributed by atoms with Gasteiger partial charge in [0.05, 0.1) is 6.21 Å². The largest absolute Gasteiger partial charge is 0.451 e. The van der Waals surface area contributed by atoms with Gasteiger partial charge in [0.2, 0.25) is 0 Å². The van der Waals surface area contributed by atoms with Crippen molar-refractivity contribution in [3.8, 4) is 0 Å². The minimum atomic E-state index is -0.373. The second-order valence-corrected chi connectivity index (χ2v) is 10.1. The maximum atomic E-state index is 12.4. The number of amides is 1. The molecule has 4 rings (SSSR count). The molecule has 162 valence electrons. The molecule has 1 aliphatic heterocycles. The van der Waals surface area contributed by atoms with Crippen LogP contribution in [0.5, 0.6) is 0 Å². The number of nitrogens with zero attached hydrogens (tertiary/aromatic N) is 2. The lowest BCUT2D eigenvalue weighted by molar-refractivity contribution is 0.0929. The highest BCUT2D eigenvalue weighted by Gasteiger charge is 2.37. The highest BCUT2D eigenvalue weighted by molar-refractivity contribution is 9.10. The van der Waals surface area contributed by atoms with E-state index in [-0.39, 0.29) is 17.2 Å². The molecule has 6 heteroatoms. The quantitative estimate of drug-likeness (QED) is 0.343. The predicted octanol–water partition coefficient (Wildman–Crippen LogP) is 6.46. The SMILES string of the molecule is CC1CC(C)(C)N(C(C)C)c2ccc(/C=N\NC(=O)c3cc4cc(Br)ccc4o3)cc21. The number of hydrazone groups is 1. The van der Waals surface area contributed by atoms with Crippen molar-refractivity contribution in [1.82, 2.24) is 5.43 Å². The van der Waals surface area contributed by atoms with Crippen LogP contribution >= 0.6 is 15.9 Å². The fraction of sp³-hybridized carbons (Fsp3) is 0.360. The zero-order valence-corrected chi connectivity index (χ0v) is 20.2. The van der Waals surface area contributed by atoms with Crippen molar-refractivity contribution in [2.75, 3.05) is 4.90 Å². The topological polar surface area (TPSA) is 57.8 Å². The Morgan fingerprint density at radius 3 is 2.77 bits per heavy atom. The van der Waals surface area contributed by atoms with Crippen molar-refractivity contribution < 1.29 is 9.21 Å². The molecule has 0 saturated carbocycles. The summed E-state index contributed by atoms with van der Waals surface area (Å²) in [6.07, 6.45) is 2.78. The van der Waals surface area contributed by atoms with Gasteiger partial charge in [0.25, 0.3) is 0 Å². The van der Waals surface area contributed by atoms with Crippen LogP contribution in [-0.4, -0.2) is 23.7 Å². The first-order valence-electron chi connectivity index (χ1n) is 10.6. The highest BCUT2D eigenvalue weighted by atomic mass is 79.9. The zero-order chi connectivity index (χ0) is 22.3. The number of benzene rings is 2. The third kappa shape index (κ3) is 4.26. The summed E-state index contributed by atoms with van der Waals surface area (Å²) >= 11 is 3.43. The lowest BCUT2D eigenvalue weighted by atomic mass is 9.79. The second-order valence-electron chi connectivity index (χ2n) is 9.19. The number of nitrogens with one attached hydrogen (secondary N) is 1. The van der Waals surface area contributed by atoms with E-state index < -0.39 is 0 Å².